The average Bonchev–Trinajstić information content (AvgIpc) is 2.56. The molecule has 0 spiro atoms. The zero-order valence-corrected chi connectivity index (χ0v) is 8.74. The van der Waals surface area contributed by atoms with Crippen molar-refractivity contribution in [2.45, 2.75) is 45.2 Å². The Kier molecular flexibility index (Phi) is 3.14. The van der Waals surface area contributed by atoms with Crippen molar-refractivity contribution in [2.75, 3.05) is 6.54 Å². The van der Waals surface area contributed by atoms with Gasteiger partial charge in [-0.15, -0.1) is 10.2 Å². The summed E-state index contributed by atoms with van der Waals surface area (Å²) in [6, 6.07) is 0.771. The van der Waals surface area contributed by atoms with Gasteiger partial charge in [0.15, 0.2) is 0 Å². The molecule has 0 unspecified atom stereocenters. The van der Waals surface area contributed by atoms with E-state index in [4.69, 9.17) is 0 Å². The first-order valence-electron chi connectivity index (χ1n) is 5.50. The number of hydrogen-bond acceptors (Lipinski definition) is 3. The van der Waals surface area contributed by atoms with Crippen molar-refractivity contribution in [3.63, 3.8) is 0 Å². The van der Waals surface area contributed by atoms with Crippen molar-refractivity contribution < 1.29 is 0 Å². The van der Waals surface area contributed by atoms with Crippen molar-refractivity contribution in [1.82, 2.24) is 20.1 Å². The summed E-state index contributed by atoms with van der Waals surface area (Å²) in [5, 5.41) is 11.5. The molecular formula is C10H18N4. The molecule has 0 amide bonds. The minimum atomic E-state index is 0.771. The Morgan fingerprint density at radius 3 is 3.07 bits per heavy atom. The summed E-state index contributed by atoms with van der Waals surface area (Å²) < 4.78 is 2.10. The lowest BCUT2D eigenvalue weighted by Crippen LogP contribution is -2.36. The van der Waals surface area contributed by atoms with Gasteiger partial charge in [-0.05, 0) is 19.8 Å². The fourth-order valence-electron chi connectivity index (χ4n) is 1.74. The molecule has 0 atom stereocenters. The molecule has 14 heavy (non-hydrogen) atoms. The summed E-state index contributed by atoms with van der Waals surface area (Å²) in [4.78, 5) is 0. The van der Waals surface area contributed by atoms with E-state index in [0.717, 1.165) is 31.4 Å². The molecule has 0 saturated heterocycles. The van der Waals surface area contributed by atoms with Crippen LogP contribution in [0.1, 0.15) is 32.0 Å². The van der Waals surface area contributed by atoms with Gasteiger partial charge < -0.3 is 9.88 Å². The Hall–Kier alpha value is -0.900. The summed E-state index contributed by atoms with van der Waals surface area (Å²) in [6.45, 7) is 4.11. The summed E-state index contributed by atoms with van der Waals surface area (Å²) in [5.41, 5.74) is 0. The van der Waals surface area contributed by atoms with E-state index in [1.807, 2.05) is 0 Å². The van der Waals surface area contributed by atoms with Crippen LogP contribution in [0.25, 0.3) is 0 Å². The van der Waals surface area contributed by atoms with Crippen LogP contribution in [0.5, 0.6) is 0 Å². The molecule has 0 bridgehead atoms. The normalized spacial score (nSPS) is 16.9. The lowest BCUT2D eigenvalue weighted by Gasteiger charge is -2.26. The number of hydrogen-bond donors (Lipinski definition) is 1. The van der Waals surface area contributed by atoms with Crippen LogP contribution in [0, 0.1) is 0 Å². The fourth-order valence-corrected chi connectivity index (χ4v) is 1.74. The van der Waals surface area contributed by atoms with E-state index in [1.165, 1.54) is 19.3 Å². The summed E-state index contributed by atoms with van der Waals surface area (Å²) in [6.07, 6.45) is 6.88. The van der Waals surface area contributed by atoms with E-state index in [2.05, 4.69) is 27.0 Å². The molecule has 1 heterocycles. The Balaban J connectivity index is 1.73. The number of aromatic nitrogens is 3. The van der Waals surface area contributed by atoms with Gasteiger partial charge in [0.25, 0.3) is 0 Å². The maximum Gasteiger partial charge on any atom is 0.134 e. The topological polar surface area (TPSA) is 42.7 Å². The van der Waals surface area contributed by atoms with Crippen LogP contribution in [0.3, 0.4) is 0 Å². The van der Waals surface area contributed by atoms with Gasteiger partial charge in [-0.25, -0.2) is 0 Å². The molecule has 4 heteroatoms. The molecule has 4 nitrogen and oxygen atoms in total. The SMILES string of the molecule is CCn1cnnc1CCNC1CCC1. The molecule has 78 valence electrons. The van der Waals surface area contributed by atoms with Gasteiger partial charge in [0, 0.05) is 25.6 Å². The van der Waals surface area contributed by atoms with E-state index in [0.29, 0.717) is 0 Å². The molecule has 2 rings (SSSR count). The molecule has 1 aliphatic carbocycles. The largest absolute Gasteiger partial charge is 0.318 e. The number of nitrogens with one attached hydrogen (secondary N) is 1. The molecule has 0 radical (unpaired) electrons. The zero-order chi connectivity index (χ0) is 9.80. The average molecular weight is 194 g/mol. The molecule has 1 fully saturated rings. The van der Waals surface area contributed by atoms with Gasteiger partial charge in [0.05, 0.1) is 0 Å². The molecule has 0 aliphatic heterocycles. The van der Waals surface area contributed by atoms with E-state index in [-0.39, 0.29) is 0 Å². The second-order valence-electron chi connectivity index (χ2n) is 3.87. The van der Waals surface area contributed by atoms with Gasteiger partial charge in [0.2, 0.25) is 0 Å². The van der Waals surface area contributed by atoms with Crippen LogP contribution in [0.15, 0.2) is 6.33 Å². The second-order valence-corrected chi connectivity index (χ2v) is 3.87. The van der Waals surface area contributed by atoms with Crippen LogP contribution in [0.4, 0.5) is 0 Å². The Bertz CT molecular complexity index is 277. The Morgan fingerprint density at radius 2 is 2.43 bits per heavy atom. The molecular weight excluding hydrogens is 176 g/mol. The fraction of sp³-hybridized carbons (Fsp3) is 0.800. The third kappa shape index (κ3) is 2.12. The Morgan fingerprint density at radius 1 is 1.57 bits per heavy atom. The van der Waals surface area contributed by atoms with Gasteiger partial charge in [-0.3, -0.25) is 0 Å². The number of rotatable bonds is 5. The minimum Gasteiger partial charge on any atom is -0.318 e. The van der Waals surface area contributed by atoms with Crippen molar-refractivity contribution in [3.8, 4) is 0 Å². The summed E-state index contributed by atoms with van der Waals surface area (Å²) in [5.74, 6) is 1.10. The quantitative estimate of drug-likeness (QED) is 0.760. The van der Waals surface area contributed by atoms with Crippen molar-refractivity contribution >= 4 is 0 Å². The molecule has 0 aromatic carbocycles. The standard InChI is InChI=1S/C10H18N4/c1-2-14-8-12-13-10(14)6-7-11-9-4-3-5-9/h8-9,11H,2-7H2,1H3. The van der Waals surface area contributed by atoms with Crippen LogP contribution in [-0.4, -0.2) is 27.4 Å². The highest BCUT2D eigenvalue weighted by atomic mass is 15.3. The van der Waals surface area contributed by atoms with E-state index in [1.54, 1.807) is 6.33 Å². The smallest absolute Gasteiger partial charge is 0.134 e. The lowest BCUT2D eigenvalue weighted by atomic mass is 9.93. The molecule has 1 aromatic rings. The predicted octanol–water partition coefficient (Wildman–Crippen LogP) is 0.983. The first-order chi connectivity index (χ1) is 6.90. The molecule has 1 saturated carbocycles. The third-order valence-electron chi connectivity index (χ3n) is 2.92. The predicted molar refractivity (Wildman–Crippen MR) is 55.0 cm³/mol. The van der Waals surface area contributed by atoms with Crippen molar-refractivity contribution in [1.29, 1.82) is 0 Å². The highest BCUT2D eigenvalue weighted by Crippen LogP contribution is 2.17. The highest BCUT2D eigenvalue weighted by molar-refractivity contribution is 4.87. The second kappa shape index (κ2) is 4.55. The van der Waals surface area contributed by atoms with Crippen LogP contribution in [-0.2, 0) is 13.0 Å². The van der Waals surface area contributed by atoms with E-state index in [9.17, 15) is 0 Å². The van der Waals surface area contributed by atoms with Crippen LogP contribution in [0.2, 0.25) is 0 Å². The maximum atomic E-state index is 4.10. The van der Waals surface area contributed by atoms with Crippen molar-refractivity contribution in [3.05, 3.63) is 12.2 Å². The van der Waals surface area contributed by atoms with Crippen LogP contribution < -0.4 is 5.32 Å². The maximum absolute atomic E-state index is 4.10. The van der Waals surface area contributed by atoms with Gasteiger partial charge >= 0.3 is 0 Å². The highest BCUT2D eigenvalue weighted by Gasteiger charge is 2.16. The van der Waals surface area contributed by atoms with E-state index >= 15 is 0 Å². The summed E-state index contributed by atoms with van der Waals surface area (Å²) >= 11 is 0. The molecule has 1 aromatic heterocycles. The van der Waals surface area contributed by atoms with Gasteiger partial charge in [-0.1, -0.05) is 6.42 Å². The first kappa shape index (κ1) is 9.65. The van der Waals surface area contributed by atoms with E-state index < -0.39 is 0 Å². The molecule has 1 N–H and O–H groups in total. The lowest BCUT2D eigenvalue weighted by molar-refractivity contribution is 0.340. The van der Waals surface area contributed by atoms with Crippen molar-refractivity contribution in [2.24, 2.45) is 0 Å². The number of nitrogens with zero attached hydrogens (tertiary/aromatic N) is 3. The Labute approximate surface area is 84.7 Å². The first-order valence-corrected chi connectivity index (χ1v) is 5.50. The van der Waals surface area contributed by atoms with Crippen LogP contribution >= 0.6 is 0 Å². The number of aryl methyl sites for hydroxylation is 1. The molecule has 1 aliphatic rings. The zero-order valence-electron chi connectivity index (χ0n) is 8.74. The minimum absolute atomic E-state index is 0.771. The summed E-state index contributed by atoms with van der Waals surface area (Å²) in [7, 11) is 0. The van der Waals surface area contributed by atoms with Gasteiger partial charge in [-0.2, -0.15) is 0 Å². The monoisotopic (exact) mass is 194 g/mol. The third-order valence-corrected chi connectivity index (χ3v) is 2.92. The van der Waals surface area contributed by atoms with Gasteiger partial charge in [0.1, 0.15) is 12.2 Å².